The lowest BCUT2D eigenvalue weighted by Crippen LogP contribution is -2.50. The Labute approximate surface area is 140 Å². The van der Waals surface area contributed by atoms with Crippen LogP contribution in [0.4, 0.5) is 4.79 Å². The predicted molar refractivity (Wildman–Crippen MR) is 93.1 cm³/mol. The molecule has 0 radical (unpaired) electrons. The summed E-state index contributed by atoms with van der Waals surface area (Å²) in [5, 5.41) is 15.2. The number of carbonyl (C=O) groups is 1. The first kappa shape index (κ1) is 17.8. The second-order valence-corrected chi connectivity index (χ2v) is 7.86. The maximum absolute atomic E-state index is 12.1. The van der Waals surface area contributed by atoms with Gasteiger partial charge in [0.05, 0.1) is 5.25 Å². The van der Waals surface area contributed by atoms with E-state index in [1.165, 1.54) is 0 Å². The van der Waals surface area contributed by atoms with Crippen molar-refractivity contribution in [2.75, 3.05) is 12.3 Å². The van der Waals surface area contributed by atoms with Gasteiger partial charge in [0.15, 0.2) is 0 Å². The maximum atomic E-state index is 12.1. The minimum absolute atomic E-state index is 0.0122. The first-order valence-electron chi connectivity index (χ1n) is 8.29. The number of aromatic hydroxyl groups is 1. The monoisotopic (exact) mass is 338 g/mol. The van der Waals surface area contributed by atoms with Gasteiger partial charge in [-0.3, -0.25) is 4.21 Å². The van der Waals surface area contributed by atoms with Crippen LogP contribution in [0.2, 0.25) is 0 Å². The Hall–Kier alpha value is -1.56. The second-order valence-electron chi connectivity index (χ2n) is 5.92. The number of amides is 2. The highest BCUT2D eigenvalue weighted by atomic mass is 32.2. The summed E-state index contributed by atoms with van der Waals surface area (Å²) < 4.78 is 12.1. The van der Waals surface area contributed by atoms with Crippen molar-refractivity contribution >= 4 is 16.8 Å². The molecule has 0 saturated heterocycles. The summed E-state index contributed by atoms with van der Waals surface area (Å²) in [6, 6.07) is 6.80. The number of phenols is 1. The lowest BCUT2D eigenvalue weighted by molar-refractivity contribution is 0.233. The zero-order valence-electron chi connectivity index (χ0n) is 13.6. The molecule has 23 heavy (non-hydrogen) atoms. The number of hydrogen-bond acceptors (Lipinski definition) is 3. The van der Waals surface area contributed by atoms with Gasteiger partial charge < -0.3 is 15.7 Å². The molecule has 0 aromatic heterocycles. The fraction of sp³-hybridized carbons (Fsp3) is 0.588. The fourth-order valence-electron chi connectivity index (χ4n) is 2.99. The molecule has 1 saturated carbocycles. The van der Waals surface area contributed by atoms with Gasteiger partial charge in [0, 0.05) is 29.1 Å². The van der Waals surface area contributed by atoms with E-state index >= 15 is 0 Å². The van der Waals surface area contributed by atoms with E-state index in [9.17, 15) is 14.1 Å². The van der Waals surface area contributed by atoms with Gasteiger partial charge in [-0.2, -0.15) is 0 Å². The SMILES string of the molecule is CC[S@@](=O)[C@@H]1CCCC[C@@H]1NC(=O)NCCc1ccc(O)cc1. The van der Waals surface area contributed by atoms with Gasteiger partial charge in [-0.1, -0.05) is 31.9 Å². The van der Waals surface area contributed by atoms with E-state index in [0.29, 0.717) is 18.7 Å². The van der Waals surface area contributed by atoms with Gasteiger partial charge in [-0.05, 0) is 37.0 Å². The van der Waals surface area contributed by atoms with Crippen molar-refractivity contribution in [2.45, 2.75) is 50.3 Å². The molecule has 1 aliphatic rings. The number of nitrogens with one attached hydrogen (secondary N) is 2. The van der Waals surface area contributed by atoms with Crippen LogP contribution in [0.1, 0.15) is 38.2 Å². The van der Waals surface area contributed by atoms with E-state index in [4.69, 9.17) is 0 Å². The average Bonchev–Trinajstić information content (AvgIpc) is 2.56. The predicted octanol–water partition coefficient (Wildman–Crippen LogP) is 2.31. The molecule has 1 aliphatic carbocycles. The molecule has 3 N–H and O–H groups in total. The molecule has 0 bridgehead atoms. The molecular weight excluding hydrogens is 312 g/mol. The third-order valence-electron chi connectivity index (χ3n) is 4.28. The molecule has 0 heterocycles. The zero-order chi connectivity index (χ0) is 16.7. The first-order valence-corrected chi connectivity index (χ1v) is 9.67. The van der Waals surface area contributed by atoms with Crippen LogP contribution in [-0.2, 0) is 17.2 Å². The molecule has 2 rings (SSSR count). The largest absolute Gasteiger partial charge is 0.508 e. The van der Waals surface area contributed by atoms with Crippen LogP contribution in [0, 0.1) is 0 Å². The molecule has 0 unspecified atom stereocenters. The van der Waals surface area contributed by atoms with Crippen LogP contribution in [0.3, 0.4) is 0 Å². The lowest BCUT2D eigenvalue weighted by atomic mass is 9.95. The molecule has 1 aromatic carbocycles. The van der Waals surface area contributed by atoms with Crippen LogP contribution in [0.25, 0.3) is 0 Å². The Morgan fingerprint density at radius 3 is 2.65 bits per heavy atom. The van der Waals surface area contributed by atoms with E-state index in [-0.39, 0.29) is 23.1 Å². The normalized spacial score (nSPS) is 22.3. The Bertz CT molecular complexity index is 533. The highest BCUT2D eigenvalue weighted by Gasteiger charge is 2.30. The van der Waals surface area contributed by atoms with Crippen LogP contribution in [-0.4, -0.2) is 38.9 Å². The zero-order valence-corrected chi connectivity index (χ0v) is 14.4. The van der Waals surface area contributed by atoms with Crippen LogP contribution in [0.15, 0.2) is 24.3 Å². The van der Waals surface area contributed by atoms with Crippen molar-refractivity contribution in [3.63, 3.8) is 0 Å². The lowest BCUT2D eigenvalue weighted by Gasteiger charge is -2.31. The summed E-state index contributed by atoms with van der Waals surface area (Å²) in [5.74, 6) is 0.886. The van der Waals surface area contributed by atoms with Crippen molar-refractivity contribution in [1.29, 1.82) is 0 Å². The number of rotatable bonds is 6. The van der Waals surface area contributed by atoms with Gasteiger partial charge >= 0.3 is 6.03 Å². The molecule has 1 fully saturated rings. The Morgan fingerprint density at radius 2 is 1.96 bits per heavy atom. The van der Waals surface area contributed by atoms with E-state index in [2.05, 4.69) is 10.6 Å². The Balaban J connectivity index is 1.76. The van der Waals surface area contributed by atoms with Crippen LogP contribution < -0.4 is 10.6 Å². The van der Waals surface area contributed by atoms with Crippen molar-refractivity contribution in [3.8, 4) is 5.75 Å². The van der Waals surface area contributed by atoms with Gasteiger partial charge in [-0.25, -0.2) is 4.79 Å². The van der Waals surface area contributed by atoms with Crippen LogP contribution >= 0.6 is 0 Å². The summed E-state index contributed by atoms with van der Waals surface area (Å²) in [7, 11) is -0.864. The minimum atomic E-state index is -0.864. The van der Waals surface area contributed by atoms with Gasteiger partial charge in [0.2, 0.25) is 0 Å². The Kier molecular flexibility index (Phi) is 6.89. The molecule has 3 atom stereocenters. The summed E-state index contributed by atoms with van der Waals surface area (Å²) in [6.45, 7) is 2.46. The topological polar surface area (TPSA) is 78.4 Å². The summed E-state index contributed by atoms with van der Waals surface area (Å²) >= 11 is 0. The third-order valence-corrected chi connectivity index (χ3v) is 6.09. The summed E-state index contributed by atoms with van der Waals surface area (Å²) in [4.78, 5) is 12.1. The molecule has 6 heteroatoms. The molecule has 0 aliphatic heterocycles. The highest BCUT2D eigenvalue weighted by molar-refractivity contribution is 7.85. The number of carbonyl (C=O) groups excluding carboxylic acids is 1. The van der Waals surface area contributed by atoms with Crippen molar-refractivity contribution < 1.29 is 14.1 Å². The second kappa shape index (κ2) is 8.91. The maximum Gasteiger partial charge on any atom is 0.315 e. The van der Waals surface area contributed by atoms with E-state index in [1.54, 1.807) is 12.1 Å². The van der Waals surface area contributed by atoms with Crippen molar-refractivity contribution in [1.82, 2.24) is 10.6 Å². The van der Waals surface area contributed by atoms with E-state index < -0.39 is 10.8 Å². The molecule has 1 aromatic rings. The van der Waals surface area contributed by atoms with E-state index in [1.807, 2.05) is 19.1 Å². The molecule has 2 amide bonds. The van der Waals surface area contributed by atoms with Crippen LogP contribution in [0.5, 0.6) is 5.75 Å². The van der Waals surface area contributed by atoms with Gasteiger partial charge in [0.25, 0.3) is 0 Å². The van der Waals surface area contributed by atoms with Crippen molar-refractivity contribution in [2.24, 2.45) is 0 Å². The first-order chi connectivity index (χ1) is 11.1. The number of hydrogen-bond donors (Lipinski definition) is 3. The Morgan fingerprint density at radius 1 is 1.26 bits per heavy atom. The smallest absolute Gasteiger partial charge is 0.315 e. The minimum Gasteiger partial charge on any atom is -0.508 e. The van der Waals surface area contributed by atoms with E-state index in [0.717, 1.165) is 31.2 Å². The molecule has 0 spiro atoms. The fourth-order valence-corrected chi connectivity index (χ4v) is 4.42. The standard InChI is InChI=1S/C17H26N2O3S/c1-2-23(22)16-6-4-3-5-15(16)19-17(21)18-12-11-13-7-9-14(20)10-8-13/h7-10,15-16,20H,2-6,11-12H2,1H3,(H2,18,19,21)/t15-,16+,23+/m0/s1. The summed E-state index contributed by atoms with van der Waals surface area (Å²) in [6.07, 6.45) is 4.72. The highest BCUT2D eigenvalue weighted by Crippen LogP contribution is 2.23. The van der Waals surface area contributed by atoms with Gasteiger partial charge in [0.1, 0.15) is 5.75 Å². The number of benzene rings is 1. The number of phenolic OH excluding ortho intramolecular Hbond substituents is 1. The van der Waals surface area contributed by atoms with Gasteiger partial charge in [-0.15, -0.1) is 0 Å². The molecular formula is C17H26N2O3S. The third kappa shape index (κ3) is 5.53. The number of urea groups is 1. The summed E-state index contributed by atoms with van der Waals surface area (Å²) in [5.41, 5.74) is 1.06. The quantitative estimate of drug-likeness (QED) is 0.745. The molecule has 5 nitrogen and oxygen atoms in total. The average molecular weight is 338 g/mol. The molecule has 128 valence electrons. The van der Waals surface area contributed by atoms with Crippen molar-refractivity contribution in [3.05, 3.63) is 29.8 Å².